The Balaban J connectivity index is 1.94. The highest BCUT2D eigenvalue weighted by molar-refractivity contribution is 6.00. The molecular formula is C12H17NO3. The number of hydroxylamine groups is 2. The van der Waals surface area contributed by atoms with E-state index in [0.717, 1.165) is 24.3 Å². The van der Waals surface area contributed by atoms with E-state index in [1.165, 1.54) is 12.8 Å². The lowest BCUT2D eigenvalue weighted by Gasteiger charge is -2.20. The van der Waals surface area contributed by atoms with Gasteiger partial charge < -0.3 is 0 Å². The number of hydrogen-bond donors (Lipinski definition) is 0. The van der Waals surface area contributed by atoms with Crippen LogP contribution >= 0.6 is 0 Å². The van der Waals surface area contributed by atoms with E-state index in [4.69, 9.17) is 4.84 Å². The monoisotopic (exact) mass is 223 g/mol. The summed E-state index contributed by atoms with van der Waals surface area (Å²) < 4.78 is 0. The lowest BCUT2D eigenvalue weighted by Crippen LogP contribution is -2.33. The Hall–Kier alpha value is -1.16. The highest BCUT2D eigenvalue weighted by Gasteiger charge is 2.31. The van der Waals surface area contributed by atoms with Crippen LogP contribution in [0.3, 0.4) is 0 Å². The van der Waals surface area contributed by atoms with Crippen molar-refractivity contribution in [1.82, 2.24) is 5.06 Å². The minimum Gasteiger partial charge on any atom is -0.272 e. The number of hydrogen-bond acceptors (Lipinski definition) is 3. The minimum atomic E-state index is -0.208. The molecule has 1 heterocycles. The predicted octanol–water partition coefficient (Wildman–Crippen LogP) is 1.96. The molecule has 4 heteroatoms. The van der Waals surface area contributed by atoms with Crippen LogP contribution in [0.15, 0.2) is 12.2 Å². The summed E-state index contributed by atoms with van der Waals surface area (Å²) in [4.78, 5) is 28.2. The molecule has 0 saturated carbocycles. The Morgan fingerprint density at radius 1 is 1.12 bits per heavy atom. The molecule has 0 radical (unpaired) electrons. The van der Waals surface area contributed by atoms with Crippen molar-refractivity contribution in [2.24, 2.45) is 0 Å². The van der Waals surface area contributed by atoms with E-state index in [-0.39, 0.29) is 30.8 Å². The van der Waals surface area contributed by atoms with Crippen LogP contribution in [0, 0.1) is 0 Å². The second-order valence-electron chi connectivity index (χ2n) is 4.29. The van der Waals surface area contributed by atoms with Crippen molar-refractivity contribution in [3.63, 3.8) is 0 Å². The average Bonchev–Trinajstić information content (AvgIpc) is 2.53. The number of carbonyl (C=O) groups is 2. The van der Waals surface area contributed by atoms with Crippen molar-refractivity contribution in [3.05, 3.63) is 12.2 Å². The third-order valence-corrected chi connectivity index (χ3v) is 2.96. The zero-order valence-electron chi connectivity index (χ0n) is 9.35. The van der Waals surface area contributed by atoms with Crippen LogP contribution in [0.4, 0.5) is 0 Å². The van der Waals surface area contributed by atoms with Gasteiger partial charge in [-0.3, -0.25) is 14.4 Å². The second kappa shape index (κ2) is 5.25. The van der Waals surface area contributed by atoms with Gasteiger partial charge in [0.15, 0.2) is 0 Å². The quantitative estimate of drug-likeness (QED) is 0.531. The van der Waals surface area contributed by atoms with Crippen molar-refractivity contribution in [3.8, 4) is 0 Å². The molecule has 2 rings (SSSR count). The first-order valence-electron chi connectivity index (χ1n) is 5.96. The molecule has 16 heavy (non-hydrogen) atoms. The maximum absolute atomic E-state index is 11.4. The molecule has 88 valence electrons. The highest BCUT2D eigenvalue weighted by Crippen LogP contribution is 2.19. The number of nitrogens with zero attached hydrogens (tertiary/aromatic N) is 1. The number of allylic oxidation sites excluding steroid dienone is 1. The van der Waals surface area contributed by atoms with E-state index < -0.39 is 0 Å². The summed E-state index contributed by atoms with van der Waals surface area (Å²) in [5.41, 5.74) is 0. The van der Waals surface area contributed by atoms with Crippen molar-refractivity contribution >= 4 is 11.8 Å². The molecule has 0 aromatic rings. The van der Waals surface area contributed by atoms with E-state index >= 15 is 0 Å². The molecule has 1 saturated heterocycles. The van der Waals surface area contributed by atoms with Crippen LogP contribution in [0.5, 0.6) is 0 Å². The molecule has 1 aliphatic carbocycles. The van der Waals surface area contributed by atoms with Gasteiger partial charge in [-0.05, 0) is 19.3 Å². The third kappa shape index (κ3) is 2.70. The first kappa shape index (κ1) is 11.3. The summed E-state index contributed by atoms with van der Waals surface area (Å²) in [6, 6.07) is 0. The van der Waals surface area contributed by atoms with E-state index in [9.17, 15) is 9.59 Å². The van der Waals surface area contributed by atoms with Crippen LogP contribution in [0.2, 0.25) is 0 Å². The molecule has 0 spiro atoms. The molecule has 0 bridgehead atoms. The van der Waals surface area contributed by atoms with E-state index in [0.29, 0.717) is 0 Å². The fourth-order valence-electron chi connectivity index (χ4n) is 2.03. The topological polar surface area (TPSA) is 46.6 Å². The first-order valence-corrected chi connectivity index (χ1v) is 5.96. The summed E-state index contributed by atoms with van der Waals surface area (Å²) in [6.45, 7) is 0. The third-order valence-electron chi connectivity index (χ3n) is 2.96. The number of carbonyl (C=O) groups excluding carboxylic acids is 2. The summed E-state index contributed by atoms with van der Waals surface area (Å²) in [5.74, 6) is -0.416. The standard InChI is InChI=1S/C12H17NO3/c14-11-8-9-12(15)13(11)16-10-6-4-2-1-3-5-7-10/h4,6,10H,1-3,5,7-9H2/b6-4+. The van der Waals surface area contributed by atoms with Crippen LogP contribution in [0.25, 0.3) is 0 Å². The maximum Gasteiger partial charge on any atom is 0.254 e. The smallest absolute Gasteiger partial charge is 0.254 e. The summed E-state index contributed by atoms with van der Waals surface area (Å²) in [5, 5.41) is 0.955. The van der Waals surface area contributed by atoms with Gasteiger partial charge in [0.25, 0.3) is 11.8 Å². The molecule has 0 N–H and O–H groups in total. The van der Waals surface area contributed by atoms with Crippen LogP contribution < -0.4 is 0 Å². The fraction of sp³-hybridized carbons (Fsp3) is 0.667. The zero-order chi connectivity index (χ0) is 11.4. The van der Waals surface area contributed by atoms with Crippen LogP contribution in [-0.2, 0) is 14.4 Å². The van der Waals surface area contributed by atoms with Gasteiger partial charge in [0, 0.05) is 12.8 Å². The molecule has 0 aromatic heterocycles. The van der Waals surface area contributed by atoms with Crippen molar-refractivity contribution in [1.29, 1.82) is 0 Å². The minimum absolute atomic E-state index is 0.119. The Kier molecular flexibility index (Phi) is 3.72. The summed E-state index contributed by atoms with van der Waals surface area (Å²) in [6.07, 6.45) is 9.93. The second-order valence-corrected chi connectivity index (χ2v) is 4.29. The molecule has 1 aliphatic heterocycles. The predicted molar refractivity (Wildman–Crippen MR) is 58.2 cm³/mol. The Morgan fingerprint density at radius 2 is 1.88 bits per heavy atom. The van der Waals surface area contributed by atoms with Crippen LogP contribution in [-0.4, -0.2) is 23.0 Å². The lowest BCUT2D eigenvalue weighted by atomic mass is 10.0. The molecule has 2 aliphatic rings. The van der Waals surface area contributed by atoms with E-state index in [2.05, 4.69) is 6.08 Å². The molecule has 2 amide bonds. The van der Waals surface area contributed by atoms with E-state index in [1.54, 1.807) is 0 Å². The Morgan fingerprint density at radius 3 is 2.62 bits per heavy atom. The van der Waals surface area contributed by atoms with Crippen molar-refractivity contribution < 1.29 is 14.4 Å². The molecule has 1 fully saturated rings. The Bertz CT molecular complexity index is 295. The zero-order valence-corrected chi connectivity index (χ0v) is 9.35. The maximum atomic E-state index is 11.4. The van der Waals surface area contributed by atoms with Crippen LogP contribution in [0.1, 0.15) is 44.9 Å². The largest absolute Gasteiger partial charge is 0.272 e. The molecular weight excluding hydrogens is 206 g/mol. The summed E-state index contributed by atoms with van der Waals surface area (Å²) >= 11 is 0. The number of imide groups is 1. The van der Waals surface area contributed by atoms with Gasteiger partial charge in [-0.1, -0.05) is 25.0 Å². The summed E-state index contributed by atoms with van der Waals surface area (Å²) in [7, 11) is 0. The molecule has 4 nitrogen and oxygen atoms in total. The fourth-order valence-corrected chi connectivity index (χ4v) is 2.03. The average molecular weight is 223 g/mol. The number of rotatable bonds is 2. The Labute approximate surface area is 95.2 Å². The molecule has 1 atom stereocenters. The van der Waals surface area contributed by atoms with Gasteiger partial charge in [0.05, 0.1) is 0 Å². The first-order chi connectivity index (χ1) is 7.77. The highest BCUT2D eigenvalue weighted by atomic mass is 16.7. The normalized spacial score (nSPS) is 29.0. The molecule has 0 aromatic carbocycles. The SMILES string of the molecule is O=C1CCC(=O)N1OC1/C=C/CCCCC1. The van der Waals surface area contributed by atoms with Gasteiger partial charge in [-0.2, -0.15) is 5.06 Å². The van der Waals surface area contributed by atoms with Gasteiger partial charge in [0.1, 0.15) is 6.10 Å². The van der Waals surface area contributed by atoms with Crippen molar-refractivity contribution in [2.75, 3.05) is 0 Å². The number of amides is 2. The van der Waals surface area contributed by atoms with Gasteiger partial charge >= 0.3 is 0 Å². The molecule has 1 unspecified atom stereocenters. The lowest BCUT2D eigenvalue weighted by molar-refractivity contribution is -0.197. The van der Waals surface area contributed by atoms with Gasteiger partial charge in [-0.25, -0.2) is 0 Å². The van der Waals surface area contributed by atoms with Gasteiger partial charge in [-0.15, -0.1) is 0 Å². The van der Waals surface area contributed by atoms with Gasteiger partial charge in [0.2, 0.25) is 0 Å². The van der Waals surface area contributed by atoms with E-state index in [1.807, 2.05) is 6.08 Å². The van der Waals surface area contributed by atoms with Crippen molar-refractivity contribution in [2.45, 2.75) is 51.0 Å².